The van der Waals surface area contributed by atoms with E-state index in [4.69, 9.17) is 10.8 Å². The van der Waals surface area contributed by atoms with E-state index in [0.29, 0.717) is 5.56 Å². The predicted octanol–water partition coefficient (Wildman–Crippen LogP) is 0.464. The molecule has 1 atom stereocenters. The molecule has 1 aliphatic heterocycles. The van der Waals surface area contributed by atoms with E-state index in [1.807, 2.05) is 0 Å². The third kappa shape index (κ3) is 2.55. The third-order valence-electron chi connectivity index (χ3n) is 2.96. The lowest BCUT2D eigenvalue weighted by atomic mass is 9.99. The highest BCUT2D eigenvalue weighted by molar-refractivity contribution is 5.73. The first-order valence-corrected chi connectivity index (χ1v) is 5.45. The molecule has 0 unspecified atom stereocenters. The van der Waals surface area contributed by atoms with Crippen LogP contribution in [0.15, 0.2) is 24.3 Å². The van der Waals surface area contributed by atoms with Crippen molar-refractivity contribution in [1.82, 2.24) is 10.9 Å². The van der Waals surface area contributed by atoms with E-state index in [1.54, 1.807) is 0 Å². The van der Waals surface area contributed by atoms with E-state index in [0.717, 1.165) is 0 Å². The Morgan fingerprint density at radius 2 is 1.84 bits per heavy atom. The minimum atomic E-state index is -4.45. The summed E-state index contributed by atoms with van der Waals surface area (Å²) >= 11 is 0. The molecule has 1 aliphatic rings. The van der Waals surface area contributed by atoms with Crippen LogP contribution in [0.1, 0.15) is 11.1 Å². The van der Waals surface area contributed by atoms with Gasteiger partial charge in [0.2, 0.25) is 5.66 Å². The molecule has 0 amide bonds. The monoisotopic (exact) mass is 275 g/mol. The quantitative estimate of drug-likeness (QED) is 0.597. The van der Waals surface area contributed by atoms with Crippen LogP contribution in [0.25, 0.3) is 0 Å². The van der Waals surface area contributed by atoms with Crippen molar-refractivity contribution in [1.29, 1.82) is 0 Å². The minimum absolute atomic E-state index is 0.0210. The van der Waals surface area contributed by atoms with Crippen LogP contribution in [-0.4, -0.2) is 23.3 Å². The van der Waals surface area contributed by atoms with E-state index in [9.17, 15) is 18.0 Å². The van der Waals surface area contributed by atoms with Crippen LogP contribution in [-0.2, 0) is 16.9 Å². The zero-order valence-electron chi connectivity index (χ0n) is 9.66. The summed E-state index contributed by atoms with van der Waals surface area (Å²) in [6, 6.07) is 4.40. The number of carbonyl (C=O) groups is 1. The van der Waals surface area contributed by atoms with Gasteiger partial charge in [-0.15, -0.1) is 0 Å². The summed E-state index contributed by atoms with van der Waals surface area (Å²) in [5.41, 5.74) is 7.92. The molecule has 2 rings (SSSR count). The van der Waals surface area contributed by atoms with Crippen molar-refractivity contribution in [2.75, 3.05) is 0 Å². The van der Waals surface area contributed by atoms with Crippen molar-refractivity contribution in [2.45, 2.75) is 24.3 Å². The van der Waals surface area contributed by atoms with Gasteiger partial charge in [0, 0.05) is 0 Å². The van der Waals surface area contributed by atoms with Crippen LogP contribution < -0.4 is 16.6 Å². The molecule has 1 aromatic carbocycles. The number of nitrogens with one attached hydrogen (secondary N) is 2. The average Bonchev–Trinajstić information content (AvgIpc) is 3.10. The van der Waals surface area contributed by atoms with Crippen molar-refractivity contribution in [2.24, 2.45) is 5.73 Å². The summed E-state index contributed by atoms with van der Waals surface area (Å²) in [5, 5.41) is 8.65. The van der Waals surface area contributed by atoms with E-state index in [2.05, 4.69) is 10.9 Å². The highest BCUT2D eigenvalue weighted by Gasteiger charge is 2.65. The first-order chi connectivity index (χ1) is 8.76. The number of carboxylic acids is 1. The molecule has 0 aliphatic carbocycles. The van der Waals surface area contributed by atoms with Gasteiger partial charge in [-0.25, -0.2) is 10.9 Å². The van der Waals surface area contributed by atoms with Crippen LogP contribution >= 0.6 is 0 Å². The fraction of sp³-hybridized carbons (Fsp3) is 0.364. The molecule has 1 saturated heterocycles. The second kappa shape index (κ2) is 4.48. The average molecular weight is 275 g/mol. The van der Waals surface area contributed by atoms with Crippen molar-refractivity contribution in [3.05, 3.63) is 35.4 Å². The van der Waals surface area contributed by atoms with Gasteiger partial charge in [-0.3, -0.25) is 4.79 Å². The second-order valence-corrected chi connectivity index (χ2v) is 4.34. The zero-order chi connectivity index (χ0) is 14.3. The van der Waals surface area contributed by atoms with Crippen molar-refractivity contribution < 1.29 is 23.1 Å². The van der Waals surface area contributed by atoms with Gasteiger partial charge < -0.3 is 10.8 Å². The van der Waals surface area contributed by atoms with Gasteiger partial charge in [0.25, 0.3) is 0 Å². The number of halogens is 3. The Labute approximate surface area is 106 Å². The lowest BCUT2D eigenvalue weighted by Crippen LogP contribution is -2.35. The number of rotatable bonds is 4. The van der Waals surface area contributed by atoms with E-state index in [-0.39, 0.29) is 12.0 Å². The van der Waals surface area contributed by atoms with Crippen molar-refractivity contribution in [3.63, 3.8) is 0 Å². The number of nitrogens with two attached hydrogens (primary N) is 1. The number of alkyl halides is 3. The SMILES string of the molecule is N[C@H](Cc1ccc(C2(C(F)(F)F)NN2)cc1)C(=O)O. The predicted molar refractivity (Wildman–Crippen MR) is 59.8 cm³/mol. The largest absolute Gasteiger partial charge is 0.480 e. The van der Waals surface area contributed by atoms with Crippen LogP contribution in [0.4, 0.5) is 13.2 Å². The molecule has 0 radical (unpaired) electrons. The first-order valence-electron chi connectivity index (χ1n) is 5.45. The Morgan fingerprint density at radius 3 is 2.21 bits per heavy atom. The minimum Gasteiger partial charge on any atom is -0.480 e. The fourth-order valence-corrected chi connectivity index (χ4v) is 1.74. The summed E-state index contributed by atoms with van der Waals surface area (Å²) in [5.74, 6) is -1.15. The molecular formula is C11H12F3N3O2. The smallest absolute Gasteiger partial charge is 0.426 e. The highest BCUT2D eigenvalue weighted by atomic mass is 19.4. The van der Waals surface area contributed by atoms with Crippen LogP contribution in [0.2, 0.25) is 0 Å². The van der Waals surface area contributed by atoms with Crippen LogP contribution in [0, 0.1) is 0 Å². The Hall–Kier alpha value is -1.64. The zero-order valence-corrected chi connectivity index (χ0v) is 9.66. The number of hydrazine groups is 1. The lowest BCUT2D eigenvalue weighted by molar-refractivity contribution is -0.165. The van der Waals surface area contributed by atoms with Crippen molar-refractivity contribution in [3.8, 4) is 0 Å². The topological polar surface area (TPSA) is 107 Å². The van der Waals surface area contributed by atoms with Crippen molar-refractivity contribution >= 4 is 5.97 Å². The standard InChI is InChI=1S/C11H12F3N3O2/c12-11(13,14)10(16-17-10)7-3-1-6(2-4-7)5-8(15)9(18)19/h1-4,8,16-17H,5,15H2,(H,18,19)/t8-/m1/s1. The number of aliphatic carboxylic acids is 1. The molecule has 1 heterocycles. The molecule has 0 aromatic heterocycles. The van der Waals surface area contributed by atoms with Crippen LogP contribution in [0.3, 0.4) is 0 Å². The molecule has 8 heteroatoms. The normalized spacial score (nSPS) is 18.9. The van der Waals surface area contributed by atoms with Gasteiger partial charge in [0.15, 0.2) is 0 Å². The van der Waals surface area contributed by atoms with Gasteiger partial charge in [-0.05, 0) is 17.5 Å². The van der Waals surface area contributed by atoms with E-state index in [1.165, 1.54) is 24.3 Å². The molecule has 1 aromatic rings. The summed E-state index contributed by atoms with van der Waals surface area (Å²) < 4.78 is 38.3. The molecule has 5 nitrogen and oxygen atoms in total. The second-order valence-electron chi connectivity index (χ2n) is 4.34. The van der Waals surface area contributed by atoms with Gasteiger partial charge in [0.1, 0.15) is 6.04 Å². The fourth-order valence-electron chi connectivity index (χ4n) is 1.74. The molecule has 1 fully saturated rings. The summed E-state index contributed by atoms with van der Waals surface area (Å²) in [7, 11) is 0. The molecule has 19 heavy (non-hydrogen) atoms. The Morgan fingerprint density at radius 1 is 1.32 bits per heavy atom. The lowest BCUT2D eigenvalue weighted by Gasteiger charge is -2.16. The highest BCUT2D eigenvalue weighted by Crippen LogP contribution is 2.41. The number of hydrogen-bond acceptors (Lipinski definition) is 4. The first kappa shape index (κ1) is 13.8. The maximum Gasteiger partial charge on any atom is 0.426 e. The molecule has 5 N–H and O–H groups in total. The van der Waals surface area contributed by atoms with E-state index >= 15 is 0 Å². The summed E-state index contributed by atoms with van der Waals surface area (Å²) in [6.07, 6.45) is -4.39. The Balaban J connectivity index is 2.14. The molecule has 0 bridgehead atoms. The van der Waals surface area contributed by atoms with Gasteiger partial charge >= 0.3 is 12.1 Å². The number of hydrogen-bond donors (Lipinski definition) is 4. The Bertz CT molecular complexity index is 483. The number of carboxylic acid groups (broad SMARTS) is 1. The van der Waals surface area contributed by atoms with E-state index < -0.39 is 23.9 Å². The number of benzene rings is 1. The molecule has 104 valence electrons. The summed E-state index contributed by atoms with van der Waals surface area (Å²) in [6.45, 7) is 0. The molecular weight excluding hydrogens is 263 g/mol. The van der Waals surface area contributed by atoms with Crippen LogP contribution in [0.5, 0.6) is 0 Å². The summed E-state index contributed by atoms with van der Waals surface area (Å²) in [4.78, 5) is 10.6. The maximum atomic E-state index is 12.8. The molecule has 0 spiro atoms. The Kier molecular flexibility index (Phi) is 3.25. The van der Waals surface area contributed by atoms with Gasteiger partial charge in [-0.2, -0.15) is 13.2 Å². The maximum absolute atomic E-state index is 12.8. The third-order valence-corrected chi connectivity index (χ3v) is 2.96. The molecule has 0 saturated carbocycles. The van der Waals surface area contributed by atoms with Gasteiger partial charge in [0.05, 0.1) is 0 Å². The van der Waals surface area contributed by atoms with Gasteiger partial charge in [-0.1, -0.05) is 24.3 Å².